The number of nitrogens with one attached hydrogen (secondary N) is 1. The number of aryl methyl sites for hydroxylation is 1. The Labute approximate surface area is 113 Å². The molecule has 3 nitrogen and oxygen atoms in total. The van der Waals surface area contributed by atoms with Gasteiger partial charge in [-0.05, 0) is 29.8 Å². The Bertz CT molecular complexity index is 613. The van der Waals surface area contributed by atoms with Gasteiger partial charge in [-0.15, -0.1) is 0 Å². The highest BCUT2D eigenvalue weighted by molar-refractivity contribution is 9.10. The quantitative estimate of drug-likeness (QED) is 0.944. The topological polar surface area (TPSA) is 40.8 Å². The molecule has 0 fully saturated rings. The Balaban J connectivity index is 2.09. The molecule has 1 N–H and O–H groups in total. The van der Waals surface area contributed by atoms with Crippen molar-refractivity contribution in [2.24, 2.45) is 7.05 Å². The molecular weight excluding hydrogens is 297 g/mol. The first-order valence-corrected chi connectivity index (χ1v) is 6.13. The van der Waals surface area contributed by atoms with E-state index < -0.39 is 0 Å². The molecule has 0 radical (unpaired) electrons. The molecule has 0 spiro atoms. The normalized spacial score (nSPS) is 10.1. The van der Waals surface area contributed by atoms with E-state index >= 15 is 0 Å². The van der Waals surface area contributed by atoms with Gasteiger partial charge in [-0.3, -0.25) is 0 Å². The zero-order valence-corrected chi connectivity index (χ0v) is 11.3. The van der Waals surface area contributed by atoms with Crippen molar-refractivity contribution in [2.75, 3.05) is 5.32 Å². The highest BCUT2D eigenvalue weighted by Gasteiger charge is 2.05. The lowest BCUT2D eigenvalue weighted by Crippen LogP contribution is -2.00. The summed E-state index contributed by atoms with van der Waals surface area (Å²) in [4.78, 5) is 0. The van der Waals surface area contributed by atoms with Crippen molar-refractivity contribution >= 4 is 21.6 Å². The third-order valence-corrected chi connectivity index (χ3v) is 3.08. The molecule has 0 aliphatic carbocycles. The number of nitrogens with zero attached hydrogens (tertiary/aromatic N) is 2. The van der Waals surface area contributed by atoms with Crippen LogP contribution in [0.25, 0.3) is 0 Å². The van der Waals surface area contributed by atoms with Gasteiger partial charge in [0.1, 0.15) is 17.6 Å². The van der Waals surface area contributed by atoms with Crippen LogP contribution in [-0.2, 0) is 13.6 Å². The van der Waals surface area contributed by atoms with E-state index in [1.165, 1.54) is 6.07 Å². The minimum absolute atomic E-state index is 0.305. The second-order valence-electron chi connectivity index (χ2n) is 3.93. The van der Waals surface area contributed by atoms with E-state index in [1.54, 1.807) is 22.8 Å². The molecule has 1 heterocycles. The van der Waals surface area contributed by atoms with E-state index in [2.05, 4.69) is 27.3 Å². The molecule has 18 heavy (non-hydrogen) atoms. The van der Waals surface area contributed by atoms with E-state index in [-0.39, 0.29) is 5.82 Å². The van der Waals surface area contributed by atoms with E-state index in [9.17, 15) is 4.39 Å². The second-order valence-corrected chi connectivity index (χ2v) is 4.85. The Morgan fingerprint density at radius 3 is 2.83 bits per heavy atom. The predicted octanol–water partition coefficient (Wildman–Crippen LogP) is 3.41. The lowest BCUT2D eigenvalue weighted by atomic mass is 10.2. The minimum atomic E-state index is -0.305. The van der Waals surface area contributed by atoms with Gasteiger partial charge in [0.05, 0.1) is 5.69 Å². The zero-order valence-electron chi connectivity index (χ0n) is 9.74. The lowest BCUT2D eigenvalue weighted by molar-refractivity contribution is 0.629. The summed E-state index contributed by atoms with van der Waals surface area (Å²) in [5, 5.41) is 11.8. The second kappa shape index (κ2) is 5.23. The van der Waals surface area contributed by atoms with Crippen molar-refractivity contribution < 1.29 is 4.39 Å². The van der Waals surface area contributed by atoms with Crippen LogP contribution in [0.1, 0.15) is 11.3 Å². The highest BCUT2D eigenvalue weighted by Crippen LogP contribution is 2.20. The summed E-state index contributed by atoms with van der Waals surface area (Å²) in [6, 6.07) is 8.73. The summed E-state index contributed by atoms with van der Waals surface area (Å²) in [5.74, 6) is -0.305. The number of anilines is 1. The van der Waals surface area contributed by atoms with Gasteiger partial charge in [-0.2, -0.15) is 5.26 Å². The third-order valence-electron chi connectivity index (χ3n) is 2.59. The summed E-state index contributed by atoms with van der Waals surface area (Å²) in [7, 11) is 1.81. The maximum absolute atomic E-state index is 13.6. The Kier molecular flexibility index (Phi) is 3.68. The number of hydrogen-bond donors (Lipinski definition) is 1. The molecular formula is C13H11BrFN3. The average molecular weight is 308 g/mol. The fraction of sp³-hybridized carbons (Fsp3) is 0.154. The van der Waals surface area contributed by atoms with Gasteiger partial charge in [0.2, 0.25) is 0 Å². The van der Waals surface area contributed by atoms with Crippen LogP contribution in [-0.4, -0.2) is 4.57 Å². The first-order chi connectivity index (χ1) is 8.60. The van der Waals surface area contributed by atoms with Gasteiger partial charge in [0.15, 0.2) is 0 Å². The number of benzene rings is 1. The fourth-order valence-electron chi connectivity index (χ4n) is 1.67. The molecule has 0 aliphatic heterocycles. The number of rotatable bonds is 3. The van der Waals surface area contributed by atoms with Gasteiger partial charge in [-0.1, -0.05) is 15.9 Å². The Hall–Kier alpha value is -1.80. The molecule has 0 saturated carbocycles. The monoisotopic (exact) mass is 307 g/mol. The van der Waals surface area contributed by atoms with Gasteiger partial charge in [0.25, 0.3) is 0 Å². The SMILES string of the molecule is Cn1cc(CNc2ccc(Br)cc2F)cc1C#N. The molecule has 0 aliphatic rings. The van der Waals surface area contributed by atoms with Crippen LogP contribution in [0, 0.1) is 17.1 Å². The summed E-state index contributed by atoms with van der Waals surface area (Å²) in [6.07, 6.45) is 1.85. The number of nitriles is 1. The van der Waals surface area contributed by atoms with Gasteiger partial charge < -0.3 is 9.88 Å². The largest absolute Gasteiger partial charge is 0.379 e. The summed E-state index contributed by atoms with van der Waals surface area (Å²) >= 11 is 3.21. The van der Waals surface area contributed by atoms with Gasteiger partial charge >= 0.3 is 0 Å². The standard InChI is InChI=1S/C13H11BrFN3/c1-18-8-9(4-11(18)6-16)7-17-13-3-2-10(14)5-12(13)15/h2-5,8,17H,7H2,1H3. The van der Waals surface area contributed by atoms with Crippen LogP contribution in [0.15, 0.2) is 34.9 Å². The van der Waals surface area contributed by atoms with E-state index in [4.69, 9.17) is 5.26 Å². The van der Waals surface area contributed by atoms with Crippen molar-refractivity contribution in [1.82, 2.24) is 4.57 Å². The van der Waals surface area contributed by atoms with Gasteiger partial charge in [-0.25, -0.2) is 4.39 Å². The van der Waals surface area contributed by atoms with Crippen molar-refractivity contribution in [3.05, 3.63) is 52.0 Å². The fourth-order valence-corrected chi connectivity index (χ4v) is 2.00. The number of aromatic nitrogens is 1. The maximum atomic E-state index is 13.6. The molecule has 0 atom stereocenters. The Morgan fingerprint density at radius 1 is 1.44 bits per heavy atom. The van der Waals surface area contributed by atoms with Crippen molar-refractivity contribution in [3.63, 3.8) is 0 Å². The van der Waals surface area contributed by atoms with Crippen molar-refractivity contribution in [1.29, 1.82) is 5.26 Å². The first-order valence-electron chi connectivity index (χ1n) is 5.34. The van der Waals surface area contributed by atoms with E-state index in [0.717, 1.165) is 5.56 Å². The van der Waals surface area contributed by atoms with Crippen LogP contribution < -0.4 is 5.32 Å². The summed E-state index contributed by atoms with van der Waals surface area (Å²) in [6.45, 7) is 0.480. The number of halogens is 2. The van der Waals surface area contributed by atoms with E-state index in [1.807, 2.05) is 13.2 Å². The molecule has 1 aromatic carbocycles. The minimum Gasteiger partial charge on any atom is -0.379 e. The highest BCUT2D eigenvalue weighted by atomic mass is 79.9. The maximum Gasteiger partial charge on any atom is 0.147 e. The summed E-state index contributed by atoms with van der Waals surface area (Å²) in [5.41, 5.74) is 1.97. The zero-order chi connectivity index (χ0) is 13.1. The van der Waals surface area contributed by atoms with Crippen LogP contribution in [0.3, 0.4) is 0 Å². The number of hydrogen-bond acceptors (Lipinski definition) is 2. The molecule has 2 rings (SSSR count). The van der Waals surface area contributed by atoms with Crippen LogP contribution in [0.5, 0.6) is 0 Å². The smallest absolute Gasteiger partial charge is 0.147 e. The predicted molar refractivity (Wildman–Crippen MR) is 71.6 cm³/mol. The molecule has 92 valence electrons. The van der Waals surface area contributed by atoms with Crippen LogP contribution in [0.2, 0.25) is 0 Å². The van der Waals surface area contributed by atoms with Crippen LogP contribution in [0.4, 0.5) is 10.1 Å². The van der Waals surface area contributed by atoms with Crippen LogP contribution >= 0.6 is 15.9 Å². The third kappa shape index (κ3) is 2.71. The molecule has 5 heteroatoms. The van der Waals surface area contributed by atoms with Crippen molar-refractivity contribution in [3.8, 4) is 6.07 Å². The molecule has 0 unspecified atom stereocenters. The molecule has 0 bridgehead atoms. The van der Waals surface area contributed by atoms with Crippen molar-refractivity contribution in [2.45, 2.75) is 6.54 Å². The van der Waals surface area contributed by atoms with Gasteiger partial charge in [0, 0.05) is 24.3 Å². The average Bonchev–Trinajstić information content (AvgIpc) is 2.69. The van der Waals surface area contributed by atoms with E-state index in [0.29, 0.717) is 22.4 Å². The molecule has 0 amide bonds. The molecule has 1 aromatic heterocycles. The lowest BCUT2D eigenvalue weighted by Gasteiger charge is -2.06. The molecule has 0 saturated heterocycles. The molecule has 2 aromatic rings. The Morgan fingerprint density at radius 2 is 2.22 bits per heavy atom. The first kappa shape index (κ1) is 12.7. The summed E-state index contributed by atoms with van der Waals surface area (Å²) < 4.78 is 16.0.